The van der Waals surface area contributed by atoms with Gasteiger partial charge in [0.2, 0.25) is 0 Å². The Morgan fingerprint density at radius 2 is 2.12 bits per heavy atom. The average molecular weight is 225 g/mol. The molecule has 0 bridgehead atoms. The molecule has 1 atom stereocenters. The molecule has 4 heteroatoms. The predicted molar refractivity (Wildman–Crippen MR) is 59.4 cm³/mol. The molecule has 1 unspecified atom stereocenters. The van der Waals surface area contributed by atoms with E-state index in [9.17, 15) is 9.18 Å². The van der Waals surface area contributed by atoms with Crippen molar-refractivity contribution < 1.29 is 13.9 Å². The molecule has 0 amide bonds. The molecule has 0 fully saturated rings. The van der Waals surface area contributed by atoms with E-state index in [0.29, 0.717) is 12.1 Å². The Labute approximate surface area is 94.6 Å². The first-order valence-electron chi connectivity index (χ1n) is 5.14. The number of hydrogen-bond donors (Lipinski definition) is 1. The van der Waals surface area contributed by atoms with Crippen molar-refractivity contribution in [2.24, 2.45) is 0 Å². The molecule has 0 aliphatic rings. The summed E-state index contributed by atoms with van der Waals surface area (Å²) in [5.74, 6) is -0.921. The second-order valence-electron chi connectivity index (χ2n) is 3.63. The van der Waals surface area contributed by atoms with Gasteiger partial charge in [0.15, 0.2) is 0 Å². The number of nitrogens with one attached hydrogen (secondary N) is 1. The van der Waals surface area contributed by atoms with E-state index in [2.05, 4.69) is 5.32 Å². The third-order valence-electron chi connectivity index (χ3n) is 2.54. The molecule has 1 rings (SSSR count). The van der Waals surface area contributed by atoms with Crippen LogP contribution in [-0.2, 0) is 15.1 Å². The number of benzene rings is 1. The fraction of sp³-hybridized carbons (Fsp3) is 0.417. The first-order chi connectivity index (χ1) is 7.56. The number of carbonyl (C=O) groups excluding carboxylic acids is 1. The van der Waals surface area contributed by atoms with Crippen LogP contribution in [0, 0.1) is 5.82 Å². The van der Waals surface area contributed by atoms with Gasteiger partial charge in [-0.15, -0.1) is 0 Å². The highest BCUT2D eigenvalue weighted by atomic mass is 19.1. The number of carbonyl (C=O) groups is 1. The van der Waals surface area contributed by atoms with Gasteiger partial charge in [-0.1, -0.05) is 25.1 Å². The van der Waals surface area contributed by atoms with E-state index in [0.717, 1.165) is 0 Å². The fourth-order valence-corrected chi connectivity index (χ4v) is 1.70. The summed E-state index contributed by atoms with van der Waals surface area (Å²) >= 11 is 0. The summed E-state index contributed by atoms with van der Waals surface area (Å²) in [6, 6.07) is 6.18. The number of likely N-dealkylation sites (N-methyl/N-ethyl adjacent to an activating group) is 1. The van der Waals surface area contributed by atoms with E-state index in [4.69, 9.17) is 4.74 Å². The van der Waals surface area contributed by atoms with Crippen molar-refractivity contribution >= 4 is 5.97 Å². The molecule has 0 saturated heterocycles. The first kappa shape index (κ1) is 12.6. The third kappa shape index (κ3) is 2.22. The lowest BCUT2D eigenvalue weighted by molar-refractivity contribution is -0.148. The molecule has 16 heavy (non-hydrogen) atoms. The predicted octanol–water partition coefficient (Wildman–Crippen LogP) is 1.82. The van der Waals surface area contributed by atoms with Gasteiger partial charge in [-0.2, -0.15) is 0 Å². The van der Waals surface area contributed by atoms with Crippen LogP contribution in [0.25, 0.3) is 0 Å². The van der Waals surface area contributed by atoms with Gasteiger partial charge in [0.25, 0.3) is 0 Å². The Morgan fingerprint density at radius 3 is 2.62 bits per heavy atom. The molecular weight excluding hydrogens is 209 g/mol. The van der Waals surface area contributed by atoms with Gasteiger partial charge in [-0.05, 0) is 19.5 Å². The summed E-state index contributed by atoms with van der Waals surface area (Å²) < 4.78 is 18.4. The monoisotopic (exact) mass is 225 g/mol. The van der Waals surface area contributed by atoms with Crippen LogP contribution >= 0.6 is 0 Å². The maximum absolute atomic E-state index is 13.7. The Balaban J connectivity index is 3.21. The summed E-state index contributed by atoms with van der Waals surface area (Å²) in [4.78, 5) is 11.7. The smallest absolute Gasteiger partial charge is 0.330 e. The van der Waals surface area contributed by atoms with Crippen molar-refractivity contribution in [1.29, 1.82) is 0 Å². The van der Waals surface area contributed by atoms with E-state index < -0.39 is 17.3 Å². The van der Waals surface area contributed by atoms with Crippen molar-refractivity contribution in [1.82, 2.24) is 5.32 Å². The van der Waals surface area contributed by atoms with Crippen LogP contribution in [0.4, 0.5) is 4.39 Å². The van der Waals surface area contributed by atoms with Crippen molar-refractivity contribution in [2.45, 2.75) is 19.4 Å². The van der Waals surface area contributed by atoms with Gasteiger partial charge < -0.3 is 4.74 Å². The summed E-state index contributed by atoms with van der Waals surface area (Å²) in [5, 5.41) is 2.95. The fourth-order valence-electron chi connectivity index (χ4n) is 1.70. The summed E-state index contributed by atoms with van der Waals surface area (Å²) in [5.41, 5.74) is -0.849. The SMILES string of the molecule is CCNC(C)(C(=O)OC)c1ccccc1F. The van der Waals surface area contributed by atoms with Crippen LogP contribution in [-0.4, -0.2) is 19.6 Å². The first-order valence-corrected chi connectivity index (χ1v) is 5.14. The Bertz CT molecular complexity index is 381. The zero-order valence-electron chi connectivity index (χ0n) is 9.71. The molecule has 1 N–H and O–H groups in total. The average Bonchev–Trinajstić information content (AvgIpc) is 2.28. The van der Waals surface area contributed by atoms with Crippen molar-refractivity contribution in [2.75, 3.05) is 13.7 Å². The van der Waals surface area contributed by atoms with Crippen LogP contribution in [0.2, 0.25) is 0 Å². The second-order valence-corrected chi connectivity index (χ2v) is 3.63. The van der Waals surface area contributed by atoms with Gasteiger partial charge in [-0.3, -0.25) is 5.32 Å². The van der Waals surface area contributed by atoms with Crippen LogP contribution in [0.1, 0.15) is 19.4 Å². The molecule has 0 aromatic heterocycles. The molecule has 0 aliphatic heterocycles. The standard InChI is InChI=1S/C12H16FNO2/c1-4-14-12(2,11(15)16-3)9-7-5-6-8-10(9)13/h5-8,14H,4H2,1-3H3. The molecule has 88 valence electrons. The Kier molecular flexibility index (Phi) is 4.01. The summed E-state index contributed by atoms with van der Waals surface area (Å²) in [6.07, 6.45) is 0. The molecule has 1 aromatic rings. The highest BCUT2D eigenvalue weighted by Gasteiger charge is 2.37. The number of halogens is 1. The lowest BCUT2D eigenvalue weighted by Gasteiger charge is -2.28. The maximum atomic E-state index is 13.7. The van der Waals surface area contributed by atoms with E-state index in [1.807, 2.05) is 6.92 Å². The molecule has 3 nitrogen and oxygen atoms in total. The van der Waals surface area contributed by atoms with E-state index >= 15 is 0 Å². The molecule has 0 radical (unpaired) electrons. The van der Waals surface area contributed by atoms with Crippen LogP contribution in [0.3, 0.4) is 0 Å². The van der Waals surface area contributed by atoms with Crippen molar-refractivity contribution in [3.8, 4) is 0 Å². The Morgan fingerprint density at radius 1 is 1.50 bits per heavy atom. The largest absolute Gasteiger partial charge is 0.467 e. The molecular formula is C12H16FNO2. The Hall–Kier alpha value is -1.42. The lowest BCUT2D eigenvalue weighted by Crippen LogP contribution is -2.47. The normalized spacial score (nSPS) is 14.2. The zero-order chi connectivity index (χ0) is 12.2. The molecule has 0 saturated carbocycles. The minimum Gasteiger partial charge on any atom is -0.467 e. The van der Waals surface area contributed by atoms with E-state index in [1.54, 1.807) is 25.1 Å². The maximum Gasteiger partial charge on any atom is 0.330 e. The zero-order valence-corrected chi connectivity index (χ0v) is 9.71. The minimum absolute atomic E-state index is 0.295. The van der Waals surface area contributed by atoms with Crippen molar-refractivity contribution in [3.05, 3.63) is 35.6 Å². The van der Waals surface area contributed by atoms with Crippen LogP contribution < -0.4 is 5.32 Å². The summed E-state index contributed by atoms with van der Waals surface area (Å²) in [7, 11) is 1.29. The highest BCUT2D eigenvalue weighted by molar-refractivity contribution is 5.82. The molecule has 0 aliphatic carbocycles. The van der Waals surface area contributed by atoms with E-state index in [-0.39, 0.29) is 0 Å². The van der Waals surface area contributed by atoms with E-state index in [1.165, 1.54) is 13.2 Å². The number of methoxy groups -OCH3 is 1. The van der Waals surface area contributed by atoms with Crippen LogP contribution in [0.15, 0.2) is 24.3 Å². The number of hydrogen-bond acceptors (Lipinski definition) is 3. The van der Waals surface area contributed by atoms with Crippen molar-refractivity contribution in [3.63, 3.8) is 0 Å². The second kappa shape index (κ2) is 5.07. The number of rotatable bonds is 4. The molecule has 0 heterocycles. The molecule has 1 aromatic carbocycles. The number of ether oxygens (including phenoxy) is 1. The van der Waals surface area contributed by atoms with Gasteiger partial charge in [0.05, 0.1) is 7.11 Å². The minimum atomic E-state index is -1.14. The van der Waals surface area contributed by atoms with Gasteiger partial charge in [0, 0.05) is 5.56 Å². The topological polar surface area (TPSA) is 38.3 Å². The van der Waals surface area contributed by atoms with Crippen LogP contribution in [0.5, 0.6) is 0 Å². The third-order valence-corrected chi connectivity index (χ3v) is 2.54. The summed E-state index contributed by atoms with van der Waals surface area (Å²) in [6.45, 7) is 4.00. The lowest BCUT2D eigenvalue weighted by atomic mass is 9.91. The quantitative estimate of drug-likeness (QED) is 0.794. The highest BCUT2D eigenvalue weighted by Crippen LogP contribution is 2.24. The van der Waals surface area contributed by atoms with Gasteiger partial charge >= 0.3 is 5.97 Å². The van der Waals surface area contributed by atoms with Gasteiger partial charge in [-0.25, -0.2) is 9.18 Å². The van der Waals surface area contributed by atoms with Gasteiger partial charge in [0.1, 0.15) is 11.4 Å². The number of esters is 1. The molecule has 0 spiro atoms.